The molecule has 0 heterocycles. The molecule has 2 rings (SSSR count). The number of hydrazine groups is 1. The molecule has 0 radical (unpaired) electrons. The van der Waals surface area contributed by atoms with Crippen molar-refractivity contribution in [2.24, 2.45) is 5.84 Å². The van der Waals surface area contributed by atoms with Crippen LogP contribution in [-0.4, -0.2) is 18.2 Å². The van der Waals surface area contributed by atoms with Gasteiger partial charge in [-0.1, -0.05) is 11.1 Å². The second-order valence-electron chi connectivity index (χ2n) is 3.70. The van der Waals surface area contributed by atoms with Crippen LogP contribution in [0.5, 0.6) is 0 Å². The van der Waals surface area contributed by atoms with Gasteiger partial charge in [0.1, 0.15) is 0 Å². The minimum absolute atomic E-state index is 0.316. The Morgan fingerprint density at radius 3 is 2.60 bits per heavy atom. The quantitative estimate of drug-likeness (QED) is 0.214. The summed E-state index contributed by atoms with van der Waals surface area (Å²) >= 11 is 0.594. The SMILES string of the molecule is NNc1ccc2c(SOOO)cc(S(=O)(=O)O)cc2c1. The molecule has 20 heavy (non-hydrogen) atoms. The van der Waals surface area contributed by atoms with Gasteiger partial charge in [0.15, 0.2) is 0 Å². The van der Waals surface area contributed by atoms with E-state index in [0.29, 0.717) is 33.4 Å². The van der Waals surface area contributed by atoms with E-state index in [9.17, 15) is 8.42 Å². The highest BCUT2D eigenvalue weighted by Gasteiger charge is 2.15. The first-order chi connectivity index (χ1) is 9.45. The van der Waals surface area contributed by atoms with E-state index in [1.807, 2.05) is 0 Å². The van der Waals surface area contributed by atoms with Crippen molar-refractivity contribution in [3.05, 3.63) is 30.3 Å². The lowest BCUT2D eigenvalue weighted by molar-refractivity contribution is -0.432. The maximum Gasteiger partial charge on any atom is 0.294 e. The van der Waals surface area contributed by atoms with Crippen LogP contribution >= 0.6 is 12.0 Å². The summed E-state index contributed by atoms with van der Waals surface area (Å²) in [7, 11) is -4.39. The van der Waals surface area contributed by atoms with Gasteiger partial charge in [0.25, 0.3) is 10.1 Å². The minimum Gasteiger partial charge on any atom is -0.324 e. The van der Waals surface area contributed by atoms with Gasteiger partial charge >= 0.3 is 0 Å². The molecule has 108 valence electrons. The van der Waals surface area contributed by atoms with Crippen molar-refractivity contribution < 1.29 is 27.6 Å². The molecule has 0 aliphatic heterocycles. The Kier molecular flexibility index (Phi) is 4.45. The highest BCUT2D eigenvalue weighted by molar-refractivity contribution is 7.94. The first kappa shape index (κ1) is 15.0. The molecule has 2 aromatic rings. The lowest BCUT2D eigenvalue weighted by Gasteiger charge is -2.08. The zero-order valence-corrected chi connectivity index (χ0v) is 11.4. The van der Waals surface area contributed by atoms with Gasteiger partial charge in [0, 0.05) is 10.6 Å². The maximum atomic E-state index is 11.2. The van der Waals surface area contributed by atoms with Gasteiger partial charge in [0.05, 0.1) is 16.9 Å². The van der Waals surface area contributed by atoms with Gasteiger partial charge in [-0.05, 0) is 35.0 Å². The fourth-order valence-electron chi connectivity index (χ4n) is 1.67. The van der Waals surface area contributed by atoms with Crippen LogP contribution in [0, 0.1) is 0 Å². The van der Waals surface area contributed by atoms with Crippen LogP contribution in [0.2, 0.25) is 0 Å². The third kappa shape index (κ3) is 3.19. The molecule has 8 nitrogen and oxygen atoms in total. The predicted molar refractivity (Wildman–Crippen MR) is 72.2 cm³/mol. The van der Waals surface area contributed by atoms with Crippen molar-refractivity contribution in [2.45, 2.75) is 9.79 Å². The molecule has 0 aliphatic rings. The standard InChI is InChI=1S/C10H10N2O6S2/c11-12-7-1-2-9-6(3-7)4-8(20(14,15)16)5-10(9)19-18-17-13/h1-5,12-13H,11H2,(H,14,15,16). The zero-order chi connectivity index (χ0) is 14.8. The van der Waals surface area contributed by atoms with Crippen molar-refractivity contribution in [2.75, 3.05) is 5.43 Å². The molecule has 0 bridgehead atoms. The Hall–Kier alpha value is -1.40. The van der Waals surface area contributed by atoms with E-state index in [1.54, 1.807) is 18.2 Å². The highest BCUT2D eigenvalue weighted by Crippen LogP contribution is 2.33. The van der Waals surface area contributed by atoms with E-state index in [4.69, 9.17) is 15.7 Å². The van der Waals surface area contributed by atoms with Crippen molar-refractivity contribution in [3.8, 4) is 0 Å². The number of anilines is 1. The molecule has 0 saturated heterocycles. The maximum absolute atomic E-state index is 11.2. The van der Waals surface area contributed by atoms with E-state index in [0.717, 1.165) is 0 Å². The lowest BCUT2D eigenvalue weighted by Crippen LogP contribution is -2.06. The zero-order valence-electron chi connectivity index (χ0n) is 9.81. The normalized spacial score (nSPS) is 11.8. The summed E-state index contributed by atoms with van der Waals surface area (Å²) in [4.78, 5) is 0.0101. The molecular weight excluding hydrogens is 308 g/mol. The summed E-state index contributed by atoms with van der Waals surface area (Å²) < 4.78 is 35.9. The van der Waals surface area contributed by atoms with Crippen molar-refractivity contribution in [1.82, 2.24) is 0 Å². The molecule has 0 amide bonds. The molecule has 0 fully saturated rings. The van der Waals surface area contributed by atoms with Gasteiger partial charge in [-0.2, -0.15) is 8.42 Å². The smallest absolute Gasteiger partial charge is 0.294 e. The summed E-state index contributed by atoms with van der Waals surface area (Å²) in [5, 5.41) is 12.8. The van der Waals surface area contributed by atoms with Crippen LogP contribution in [0.1, 0.15) is 0 Å². The molecule has 10 heteroatoms. The van der Waals surface area contributed by atoms with Crippen LogP contribution in [0.25, 0.3) is 10.8 Å². The summed E-state index contributed by atoms with van der Waals surface area (Å²) in [6.45, 7) is 0. The van der Waals surface area contributed by atoms with Crippen molar-refractivity contribution in [1.29, 1.82) is 0 Å². The van der Waals surface area contributed by atoms with Gasteiger partial charge < -0.3 is 5.43 Å². The summed E-state index contributed by atoms with van der Waals surface area (Å²) in [5.74, 6) is 5.28. The summed E-state index contributed by atoms with van der Waals surface area (Å²) in [5.41, 5.74) is 2.98. The second-order valence-corrected chi connectivity index (χ2v) is 5.87. The van der Waals surface area contributed by atoms with E-state index >= 15 is 0 Å². The monoisotopic (exact) mass is 318 g/mol. The number of benzene rings is 2. The van der Waals surface area contributed by atoms with E-state index in [1.165, 1.54) is 12.1 Å². The van der Waals surface area contributed by atoms with Gasteiger partial charge in [-0.15, -0.1) is 4.33 Å². The summed E-state index contributed by atoms with van der Waals surface area (Å²) in [6.07, 6.45) is 0. The third-order valence-corrected chi connectivity index (χ3v) is 3.98. The molecular formula is C10H10N2O6S2. The van der Waals surface area contributed by atoms with Crippen molar-refractivity contribution in [3.63, 3.8) is 0 Å². The number of hydrogen-bond donors (Lipinski definition) is 4. The Morgan fingerprint density at radius 1 is 1.25 bits per heavy atom. The first-order valence-electron chi connectivity index (χ1n) is 5.12. The number of rotatable bonds is 5. The van der Waals surface area contributed by atoms with E-state index in [-0.39, 0.29) is 4.90 Å². The molecule has 2 aromatic carbocycles. The van der Waals surface area contributed by atoms with Crippen molar-refractivity contribution >= 4 is 38.6 Å². The molecule has 5 N–H and O–H groups in total. The number of hydrogen-bond acceptors (Lipinski definition) is 8. The number of nitrogen functional groups attached to an aromatic ring is 1. The molecule has 0 spiro atoms. The fraction of sp³-hybridized carbons (Fsp3) is 0. The van der Waals surface area contributed by atoms with Crippen LogP contribution in [0.4, 0.5) is 5.69 Å². The molecule has 0 aromatic heterocycles. The lowest BCUT2D eigenvalue weighted by atomic mass is 10.1. The molecule has 0 unspecified atom stereocenters. The average Bonchev–Trinajstić information content (AvgIpc) is 2.42. The molecule has 0 aliphatic carbocycles. The van der Waals surface area contributed by atoms with Gasteiger partial charge in [0.2, 0.25) is 0 Å². The first-order valence-corrected chi connectivity index (χ1v) is 7.30. The summed E-state index contributed by atoms with van der Waals surface area (Å²) in [6, 6.07) is 7.40. The Morgan fingerprint density at radius 2 is 2.00 bits per heavy atom. The van der Waals surface area contributed by atoms with E-state index in [2.05, 4.69) is 14.8 Å². The number of nitrogens with one attached hydrogen (secondary N) is 1. The Balaban J connectivity index is 2.67. The fourth-order valence-corrected chi connectivity index (χ4v) is 2.84. The highest BCUT2D eigenvalue weighted by atomic mass is 32.2. The number of nitrogens with two attached hydrogens (primary N) is 1. The largest absolute Gasteiger partial charge is 0.324 e. The predicted octanol–water partition coefficient (Wildman–Crippen LogP) is 1.80. The average molecular weight is 318 g/mol. The van der Waals surface area contributed by atoms with E-state index < -0.39 is 10.1 Å². The van der Waals surface area contributed by atoms with Gasteiger partial charge in [-0.3, -0.25) is 10.4 Å². The van der Waals surface area contributed by atoms with Crippen LogP contribution in [0.15, 0.2) is 40.1 Å². The van der Waals surface area contributed by atoms with Crippen LogP contribution < -0.4 is 11.3 Å². The molecule has 0 saturated carbocycles. The second kappa shape index (κ2) is 5.93. The number of fused-ring (bicyclic) bond motifs is 1. The van der Waals surface area contributed by atoms with Crippen LogP contribution in [0.3, 0.4) is 0 Å². The Bertz CT molecular complexity index is 734. The molecule has 0 atom stereocenters. The topological polar surface area (TPSA) is 131 Å². The van der Waals surface area contributed by atoms with Gasteiger partial charge in [-0.25, -0.2) is 5.26 Å². The van der Waals surface area contributed by atoms with Crippen LogP contribution in [-0.2, 0) is 19.5 Å². The minimum atomic E-state index is -4.39. The third-order valence-electron chi connectivity index (χ3n) is 2.51. The Labute approximate surface area is 118 Å².